The zero-order chi connectivity index (χ0) is 12.3. The van der Waals surface area contributed by atoms with Gasteiger partial charge in [-0.15, -0.1) is 0 Å². The van der Waals surface area contributed by atoms with Crippen LogP contribution in [-0.2, 0) is 0 Å². The van der Waals surface area contributed by atoms with Gasteiger partial charge in [-0.05, 0) is 25.7 Å². The van der Waals surface area contributed by atoms with E-state index in [9.17, 15) is 9.59 Å². The molecule has 8 N–H and O–H groups in total. The van der Waals surface area contributed by atoms with Crippen molar-refractivity contribution in [3.8, 4) is 0 Å². The van der Waals surface area contributed by atoms with Crippen LogP contribution < -0.4 is 23.2 Å². The second-order valence-corrected chi connectivity index (χ2v) is 3.95. The topological polar surface area (TPSA) is 145 Å². The zero-order valence-electron chi connectivity index (χ0n) is 9.00. The predicted octanol–water partition coefficient (Wildman–Crippen LogP) is -1.19. The summed E-state index contributed by atoms with van der Waals surface area (Å²) in [5.41, 5.74) is 10.1. The number of nitrogens with two attached hydrogens (primary N) is 4. The van der Waals surface area contributed by atoms with Crippen molar-refractivity contribution in [3.63, 3.8) is 0 Å². The quantitative estimate of drug-likeness (QED) is 0.268. The van der Waals surface area contributed by atoms with Gasteiger partial charge in [-0.3, -0.25) is 10.0 Å². The molecule has 0 aromatic rings. The van der Waals surface area contributed by atoms with Crippen molar-refractivity contribution in [1.29, 1.82) is 0 Å². The van der Waals surface area contributed by atoms with E-state index in [1.54, 1.807) is 0 Å². The Labute approximate surface area is 93.4 Å². The van der Waals surface area contributed by atoms with Gasteiger partial charge in [-0.1, -0.05) is 0 Å². The number of hydrogen-bond donors (Lipinski definition) is 4. The Balaban J connectivity index is 2.45. The molecule has 8 nitrogen and oxygen atoms in total. The predicted molar refractivity (Wildman–Crippen MR) is 57.3 cm³/mol. The molecule has 0 spiro atoms. The van der Waals surface area contributed by atoms with Crippen molar-refractivity contribution in [1.82, 2.24) is 10.0 Å². The maximum Gasteiger partial charge on any atom is 0.329 e. The van der Waals surface area contributed by atoms with E-state index in [0.717, 1.165) is 10.0 Å². The van der Waals surface area contributed by atoms with Crippen molar-refractivity contribution in [2.75, 3.05) is 0 Å². The van der Waals surface area contributed by atoms with Crippen LogP contribution in [-0.4, -0.2) is 34.2 Å². The fraction of sp³-hybridized carbons (Fsp3) is 0.750. The number of rotatable bonds is 2. The third-order valence-corrected chi connectivity index (χ3v) is 2.96. The van der Waals surface area contributed by atoms with Gasteiger partial charge in [-0.2, -0.15) is 0 Å². The van der Waals surface area contributed by atoms with Crippen molar-refractivity contribution >= 4 is 12.1 Å². The van der Waals surface area contributed by atoms with E-state index in [1.165, 1.54) is 0 Å². The summed E-state index contributed by atoms with van der Waals surface area (Å²) in [4.78, 5) is 21.7. The second-order valence-electron chi connectivity index (χ2n) is 3.95. The largest absolute Gasteiger partial charge is 0.350 e. The van der Waals surface area contributed by atoms with Crippen molar-refractivity contribution < 1.29 is 9.59 Å². The minimum atomic E-state index is -0.650. The molecule has 0 unspecified atom stereocenters. The molecule has 1 fully saturated rings. The van der Waals surface area contributed by atoms with E-state index in [-0.39, 0.29) is 12.1 Å². The molecule has 0 radical (unpaired) electrons. The molecule has 0 aliphatic heterocycles. The highest BCUT2D eigenvalue weighted by atomic mass is 16.2. The first-order valence-electron chi connectivity index (χ1n) is 5.10. The van der Waals surface area contributed by atoms with Crippen molar-refractivity contribution in [3.05, 3.63) is 0 Å². The zero-order valence-corrected chi connectivity index (χ0v) is 9.00. The van der Waals surface area contributed by atoms with Gasteiger partial charge in [0.15, 0.2) is 0 Å². The molecule has 1 rings (SSSR count). The monoisotopic (exact) mass is 230 g/mol. The SMILES string of the molecule is NC(=O)N(N)C1CCC(N(N)C(N)=O)CC1. The number of primary amides is 2. The summed E-state index contributed by atoms with van der Waals surface area (Å²) >= 11 is 0. The molecule has 1 aliphatic carbocycles. The summed E-state index contributed by atoms with van der Waals surface area (Å²) in [5.74, 6) is 11.0. The Kier molecular flexibility index (Phi) is 3.91. The van der Waals surface area contributed by atoms with Crippen LogP contribution in [0.5, 0.6) is 0 Å². The smallest absolute Gasteiger partial charge is 0.329 e. The lowest BCUT2D eigenvalue weighted by molar-refractivity contribution is 0.122. The molecule has 1 saturated carbocycles. The normalized spacial score (nSPS) is 24.9. The van der Waals surface area contributed by atoms with Crippen LogP contribution in [0.25, 0.3) is 0 Å². The van der Waals surface area contributed by atoms with Crippen molar-refractivity contribution in [2.45, 2.75) is 37.8 Å². The molecule has 0 heterocycles. The third-order valence-electron chi connectivity index (χ3n) is 2.96. The summed E-state index contributed by atoms with van der Waals surface area (Å²) < 4.78 is 0. The minimum Gasteiger partial charge on any atom is -0.350 e. The molecule has 92 valence electrons. The summed E-state index contributed by atoms with van der Waals surface area (Å²) in [6, 6.07) is -1.48. The lowest BCUT2D eigenvalue weighted by Crippen LogP contribution is -2.54. The van der Waals surface area contributed by atoms with E-state index in [4.69, 9.17) is 23.2 Å². The Hall–Kier alpha value is -1.54. The van der Waals surface area contributed by atoms with Crippen LogP contribution in [0.2, 0.25) is 0 Å². The Bertz CT molecular complexity index is 248. The first kappa shape index (κ1) is 12.5. The highest BCUT2D eigenvalue weighted by molar-refractivity contribution is 5.72. The highest BCUT2D eigenvalue weighted by Gasteiger charge is 2.29. The fourth-order valence-electron chi connectivity index (χ4n) is 1.97. The number of carbonyl (C=O) groups is 2. The van der Waals surface area contributed by atoms with Gasteiger partial charge in [0, 0.05) is 0 Å². The Morgan fingerprint density at radius 3 is 1.25 bits per heavy atom. The van der Waals surface area contributed by atoms with Crippen LogP contribution in [0.4, 0.5) is 9.59 Å². The molecular weight excluding hydrogens is 212 g/mol. The molecule has 0 aromatic heterocycles. The van der Waals surface area contributed by atoms with Gasteiger partial charge in [0.1, 0.15) is 0 Å². The maximum atomic E-state index is 10.8. The van der Waals surface area contributed by atoms with E-state index < -0.39 is 12.1 Å². The number of carbonyl (C=O) groups excluding carboxylic acids is 2. The molecule has 8 heteroatoms. The molecule has 0 saturated heterocycles. The van der Waals surface area contributed by atoms with Gasteiger partial charge in [-0.25, -0.2) is 21.3 Å². The Morgan fingerprint density at radius 2 is 1.06 bits per heavy atom. The average molecular weight is 230 g/mol. The second kappa shape index (κ2) is 4.99. The van der Waals surface area contributed by atoms with Crippen LogP contribution in [0.15, 0.2) is 0 Å². The molecule has 4 amide bonds. The molecule has 16 heavy (non-hydrogen) atoms. The maximum absolute atomic E-state index is 10.8. The summed E-state index contributed by atoms with van der Waals surface area (Å²) in [7, 11) is 0. The molecular formula is C8H18N6O2. The van der Waals surface area contributed by atoms with Crippen LogP contribution in [0.1, 0.15) is 25.7 Å². The van der Waals surface area contributed by atoms with E-state index in [2.05, 4.69) is 0 Å². The number of hydrazine groups is 2. The minimum absolute atomic E-state index is 0.0879. The van der Waals surface area contributed by atoms with Gasteiger partial charge in [0.05, 0.1) is 12.1 Å². The molecule has 0 atom stereocenters. The first-order valence-corrected chi connectivity index (χ1v) is 5.10. The van der Waals surface area contributed by atoms with Gasteiger partial charge in [0.2, 0.25) is 0 Å². The van der Waals surface area contributed by atoms with E-state index >= 15 is 0 Å². The first-order chi connectivity index (χ1) is 7.43. The number of urea groups is 2. The lowest BCUT2D eigenvalue weighted by Gasteiger charge is -2.36. The molecule has 0 bridgehead atoms. The van der Waals surface area contributed by atoms with Gasteiger partial charge in [0.25, 0.3) is 0 Å². The molecule has 1 aliphatic rings. The van der Waals surface area contributed by atoms with Gasteiger partial charge >= 0.3 is 12.1 Å². The summed E-state index contributed by atoms with van der Waals surface area (Å²) in [6.45, 7) is 0. The average Bonchev–Trinajstić information content (AvgIpc) is 2.27. The summed E-state index contributed by atoms with van der Waals surface area (Å²) in [5, 5.41) is 2.06. The Morgan fingerprint density at radius 1 is 0.812 bits per heavy atom. The van der Waals surface area contributed by atoms with Crippen molar-refractivity contribution in [2.24, 2.45) is 23.2 Å². The molecule has 0 aromatic carbocycles. The lowest BCUT2D eigenvalue weighted by atomic mass is 9.90. The summed E-state index contributed by atoms with van der Waals surface area (Å²) in [6.07, 6.45) is 2.63. The highest BCUT2D eigenvalue weighted by Crippen LogP contribution is 2.23. The number of hydrogen-bond acceptors (Lipinski definition) is 4. The van der Waals surface area contributed by atoms with Crippen LogP contribution in [0.3, 0.4) is 0 Å². The van der Waals surface area contributed by atoms with Crippen LogP contribution >= 0.6 is 0 Å². The number of amides is 4. The van der Waals surface area contributed by atoms with E-state index in [1.807, 2.05) is 0 Å². The third kappa shape index (κ3) is 2.74. The van der Waals surface area contributed by atoms with Gasteiger partial charge < -0.3 is 11.5 Å². The van der Waals surface area contributed by atoms with Crippen LogP contribution in [0, 0.1) is 0 Å². The standard InChI is InChI=1S/C8H18N6O2/c9-7(15)13(11)5-1-2-6(4-3-5)14(12)8(10)16/h5-6H,1-4,11-12H2,(H2,9,15)(H2,10,16). The fourth-order valence-corrected chi connectivity index (χ4v) is 1.97. The van der Waals surface area contributed by atoms with E-state index in [0.29, 0.717) is 25.7 Å². The number of nitrogens with zero attached hydrogens (tertiary/aromatic N) is 2.